The molecule has 0 bridgehead atoms. The van der Waals surface area contributed by atoms with E-state index in [1.165, 1.54) is 32.1 Å². The molecule has 1 heterocycles. The molecule has 2 N–H and O–H groups in total. The van der Waals surface area contributed by atoms with Crippen LogP contribution in [0.4, 0.5) is 0 Å². The second kappa shape index (κ2) is 7.36. The molecule has 1 aromatic rings. The molecule has 0 spiro atoms. The molecule has 5 heteroatoms. The normalized spacial score (nSPS) is 26.4. The molecular formula is C16H31N5. The zero-order valence-corrected chi connectivity index (χ0v) is 13.9. The maximum atomic E-state index is 6.23. The van der Waals surface area contributed by atoms with Crippen molar-refractivity contribution in [2.75, 3.05) is 13.1 Å². The number of aryl methyl sites for hydroxylation is 1. The van der Waals surface area contributed by atoms with Gasteiger partial charge in [-0.3, -0.25) is 9.58 Å². The largest absolute Gasteiger partial charge is 0.329 e. The van der Waals surface area contributed by atoms with Gasteiger partial charge in [0.15, 0.2) is 0 Å². The number of nitrogens with two attached hydrogens (primary N) is 1. The fraction of sp³-hybridized carbons (Fsp3) is 0.875. The predicted molar refractivity (Wildman–Crippen MR) is 85.7 cm³/mol. The van der Waals surface area contributed by atoms with Crippen LogP contribution in [0, 0.1) is 5.92 Å². The highest BCUT2D eigenvalue weighted by Crippen LogP contribution is 2.37. The minimum atomic E-state index is 0.166. The van der Waals surface area contributed by atoms with Crippen LogP contribution in [-0.2, 0) is 13.6 Å². The summed E-state index contributed by atoms with van der Waals surface area (Å²) in [4.78, 5) is 2.57. The Labute approximate surface area is 128 Å². The smallest absolute Gasteiger partial charge is 0.0967 e. The van der Waals surface area contributed by atoms with Gasteiger partial charge >= 0.3 is 0 Å². The van der Waals surface area contributed by atoms with E-state index in [1.54, 1.807) is 4.68 Å². The van der Waals surface area contributed by atoms with Gasteiger partial charge in [0.25, 0.3) is 0 Å². The first-order valence-electron chi connectivity index (χ1n) is 8.44. The Morgan fingerprint density at radius 3 is 2.57 bits per heavy atom. The number of hydrogen-bond donors (Lipinski definition) is 1. The van der Waals surface area contributed by atoms with Crippen molar-refractivity contribution in [1.82, 2.24) is 19.9 Å². The predicted octanol–water partition coefficient (Wildman–Crippen LogP) is 2.32. The summed E-state index contributed by atoms with van der Waals surface area (Å²) < 4.78 is 1.78. The fourth-order valence-electron chi connectivity index (χ4n) is 3.69. The quantitative estimate of drug-likeness (QED) is 0.838. The maximum Gasteiger partial charge on any atom is 0.0967 e. The second-order valence-corrected chi connectivity index (χ2v) is 6.59. The standard InChI is InChI=1S/C16H31N5/c1-4-10-21(12-15-11-20(3)19-18-15)16(13-17)8-6-14(5-2)7-9-16/h11,14H,4-10,12-13,17H2,1-3H3. The van der Waals surface area contributed by atoms with Crippen molar-refractivity contribution >= 4 is 0 Å². The average Bonchev–Trinajstić information content (AvgIpc) is 2.92. The first-order chi connectivity index (χ1) is 10.1. The summed E-state index contributed by atoms with van der Waals surface area (Å²) in [6.45, 7) is 7.26. The van der Waals surface area contributed by atoms with Crippen LogP contribution in [0.25, 0.3) is 0 Å². The van der Waals surface area contributed by atoms with Gasteiger partial charge in [-0.15, -0.1) is 5.10 Å². The summed E-state index contributed by atoms with van der Waals surface area (Å²) in [5, 5.41) is 8.32. The van der Waals surface area contributed by atoms with E-state index in [4.69, 9.17) is 5.73 Å². The van der Waals surface area contributed by atoms with Crippen LogP contribution < -0.4 is 5.73 Å². The van der Waals surface area contributed by atoms with E-state index in [2.05, 4.69) is 29.1 Å². The summed E-state index contributed by atoms with van der Waals surface area (Å²) in [7, 11) is 1.92. The third-order valence-electron chi connectivity index (χ3n) is 5.16. The Kier molecular flexibility index (Phi) is 5.76. The summed E-state index contributed by atoms with van der Waals surface area (Å²) in [6, 6.07) is 0. The van der Waals surface area contributed by atoms with E-state index in [0.717, 1.165) is 37.7 Å². The van der Waals surface area contributed by atoms with Crippen LogP contribution in [0.15, 0.2) is 6.20 Å². The van der Waals surface area contributed by atoms with Crippen LogP contribution in [-0.4, -0.2) is 38.5 Å². The third kappa shape index (κ3) is 3.83. The monoisotopic (exact) mass is 293 g/mol. The van der Waals surface area contributed by atoms with Crippen LogP contribution in [0.5, 0.6) is 0 Å². The van der Waals surface area contributed by atoms with Crippen molar-refractivity contribution in [2.45, 2.75) is 64.5 Å². The Morgan fingerprint density at radius 2 is 2.10 bits per heavy atom. The van der Waals surface area contributed by atoms with Crippen molar-refractivity contribution < 1.29 is 0 Å². The minimum Gasteiger partial charge on any atom is -0.329 e. The van der Waals surface area contributed by atoms with Crippen LogP contribution in [0.1, 0.15) is 58.1 Å². The highest BCUT2D eigenvalue weighted by atomic mass is 15.4. The zero-order valence-electron chi connectivity index (χ0n) is 13.9. The van der Waals surface area contributed by atoms with Gasteiger partial charge in [0.2, 0.25) is 0 Å². The number of nitrogens with zero attached hydrogens (tertiary/aromatic N) is 4. The highest BCUT2D eigenvalue weighted by Gasteiger charge is 2.38. The van der Waals surface area contributed by atoms with Crippen LogP contribution >= 0.6 is 0 Å². The zero-order chi connectivity index (χ0) is 15.3. The lowest BCUT2D eigenvalue weighted by atomic mass is 9.74. The molecule has 1 fully saturated rings. The molecule has 0 radical (unpaired) electrons. The molecule has 0 aromatic carbocycles. The molecule has 0 atom stereocenters. The molecule has 0 amide bonds. The van der Waals surface area contributed by atoms with Crippen LogP contribution in [0.2, 0.25) is 0 Å². The molecule has 1 aliphatic rings. The van der Waals surface area contributed by atoms with Crippen molar-refractivity contribution in [3.63, 3.8) is 0 Å². The van der Waals surface area contributed by atoms with Crippen molar-refractivity contribution in [1.29, 1.82) is 0 Å². The van der Waals surface area contributed by atoms with E-state index in [0.29, 0.717) is 0 Å². The Morgan fingerprint density at radius 1 is 1.38 bits per heavy atom. The molecular weight excluding hydrogens is 262 g/mol. The summed E-state index contributed by atoms with van der Waals surface area (Å²) in [5.41, 5.74) is 7.45. The van der Waals surface area contributed by atoms with Gasteiger partial charge in [-0.2, -0.15) is 0 Å². The summed E-state index contributed by atoms with van der Waals surface area (Å²) in [5.74, 6) is 0.893. The first kappa shape index (κ1) is 16.4. The van der Waals surface area contributed by atoms with Crippen LogP contribution in [0.3, 0.4) is 0 Å². The topological polar surface area (TPSA) is 60.0 Å². The molecule has 21 heavy (non-hydrogen) atoms. The highest BCUT2D eigenvalue weighted by molar-refractivity contribution is 5.00. The molecule has 1 aromatic heterocycles. The SMILES string of the molecule is CCCN(Cc1cn(C)nn1)C1(CN)CCC(CC)CC1. The second-order valence-electron chi connectivity index (χ2n) is 6.59. The van der Waals surface area contributed by atoms with Gasteiger partial charge in [0.05, 0.1) is 5.69 Å². The molecule has 120 valence electrons. The number of hydrogen-bond acceptors (Lipinski definition) is 4. The maximum absolute atomic E-state index is 6.23. The molecule has 0 unspecified atom stereocenters. The lowest BCUT2D eigenvalue weighted by molar-refractivity contribution is 0.0337. The Balaban J connectivity index is 2.10. The molecule has 0 saturated heterocycles. The molecule has 5 nitrogen and oxygen atoms in total. The van der Waals surface area contributed by atoms with Crippen molar-refractivity contribution in [3.8, 4) is 0 Å². The lowest BCUT2D eigenvalue weighted by Crippen LogP contribution is -2.55. The lowest BCUT2D eigenvalue weighted by Gasteiger charge is -2.47. The van der Waals surface area contributed by atoms with Gasteiger partial charge < -0.3 is 5.73 Å². The average molecular weight is 293 g/mol. The number of rotatable bonds is 7. The molecule has 2 rings (SSSR count). The van der Waals surface area contributed by atoms with Gasteiger partial charge in [0.1, 0.15) is 0 Å². The van der Waals surface area contributed by atoms with Gasteiger partial charge in [-0.05, 0) is 44.6 Å². The van der Waals surface area contributed by atoms with Gasteiger partial charge in [-0.25, -0.2) is 0 Å². The fourth-order valence-corrected chi connectivity index (χ4v) is 3.69. The van der Waals surface area contributed by atoms with E-state index >= 15 is 0 Å². The van der Waals surface area contributed by atoms with E-state index in [-0.39, 0.29) is 5.54 Å². The molecule has 1 aliphatic carbocycles. The van der Waals surface area contributed by atoms with Crippen molar-refractivity contribution in [2.24, 2.45) is 18.7 Å². The number of aromatic nitrogens is 3. The Bertz CT molecular complexity index is 420. The summed E-state index contributed by atoms with van der Waals surface area (Å²) in [6.07, 6.45) is 9.55. The minimum absolute atomic E-state index is 0.166. The van der Waals surface area contributed by atoms with E-state index in [9.17, 15) is 0 Å². The summed E-state index contributed by atoms with van der Waals surface area (Å²) >= 11 is 0. The van der Waals surface area contributed by atoms with E-state index in [1.807, 2.05) is 13.2 Å². The van der Waals surface area contributed by atoms with Crippen molar-refractivity contribution in [3.05, 3.63) is 11.9 Å². The molecule has 1 saturated carbocycles. The third-order valence-corrected chi connectivity index (χ3v) is 5.16. The van der Waals surface area contributed by atoms with Gasteiger partial charge in [0, 0.05) is 31.9 Å². The van der Waals surface area contributed by atoms with Gasteiger partial charge in [-0.1, -0.05) is 25.5 Å². The first-order valence-corrected chi connectivity index (χ1v) is 8.44. The Hall–Kier alpha value is -0.940. The van der Waals surface area contributed by atoms with E-state index < -0.39 is 0 Å². The molecule has 0 aliphatic heterocycles.